The monoisotopic (exact) mass is 412 g/mol. The van der Waals surface area contributed by atoms with E-state index in [4.69, 9.17) is 4.52 Å². The van der Waals surface area contributed by atoms with Crippen LogP contribution in [0.3, 0.4) is 0 Å². The van der Waals surface area contributed by atoms with Gasteiger partial charge in [0, 0.05) is 38.7 Å². The summed E-state index contributed by atoms with van der Waals surface area (Å²) >= 11 is 0. The first-order valence-electron chi connectivity index (χ1n) is 10.2. The molecule has 2 heterocycles. The Morgan fingerprint density at radius 1 is 1.07 bits per heavy atom. The van der Waals surface area contributed by atoms with Crippen molar-refractivity contribution in [1.29, 1.82) is 0 Å². The molecule has 0 radical (unpaired) electrons. The number of nitrogens with one attached hydrogen (secondary N) is 1. The van der Waals surface area contributed by atoms with Gasteiger partial charge in [0.25, 0.3) is 5.91 Å². The van der Waals surface area contributed by atoms with Crippen LogP contribution < -0.4 is 5.32 Å². The van der Waals surface area contributed by atoms with E-state index in [1.54, 1.807) is 22.8 Å². The number of carbonyl (C=O) groups excluding carboxylic acids is 3. The zero-order valence-electron chi connectivity index (χ0n) is 17.6. The largest absolute Gasteiger partial charge is 0.351 e. The van der Waals surface area contributed by atoms with Gasteiger partial charge in [-0.25, -0.2) is 0 Å². The Morgan fingerprint density at radius 2 is 1.70 bits per heavy atom. The van der Waals surface area contributed by atoms with Crippen LogP contribution in [-0.2, 0) is 9.59 Å². The Hall–Kier alpha value is -3.16. The lowest BCUT2D eigenvalue weighted by Gasteiger charge is -2.36. The van der Waals surface area contributed by atoms with E-state index in [0.717, 1.165) is 5.56 Å². The number of aryl methyl sites for hydroxylation is 1. The summed E-state index contributed by atoms with van der Waals surface area (Å²) in [7, 11) is 0. The first-order chi connectivity index (χ1) is 14.3. The second kappa shape index (κ2) is 9.56. The van der Waals surface area contributed by atoms with E-state index >= 15 is 0 Å². The highest BCUT2D eigenvalue weighted by Gasteiger charge is 2.32. The minimum atomic E-state index is -0.739. The molecule has 1 atom stereocenters. The Kier molecular flexibility index (Phi) is 6.87. The Labute approximate surface area is 176 Å². The van der Waals surface area contributed by atoms with Crippen molar-refractivity contribution in [3.63, 3.8) is 0 Å². The van der Waals surface area contributed by atoms with E-state index < -0.39 is 6.04 Å². The lowest BCUT2D eigenvalue weighted by atomic mass is 10.0. The van der Waals surface area contributed by atoms with Crippen molar-refractivity contribution in [1.82, 2.24) is 20.3 Å². The van der Waals surface area contributed by atoms with Gasteiger partial charge in [0.2, 0.25) is 17.6 Å². The SMILES string of the molecule is Cc1cc(C(=O)N2CCN(C(=O)C(NC(=O)CC(C)C)c3ccccc3)CC2)on1. The number of nitrogens with zero attached hydrogens (tertiary/aromatic N) is 3. The van der Waals surface area contributed by atoms with Crippen molar-refractivity contribution in [3.05, 3.63) is 53.4 Å². The second-order valence-electron chi connectivity index (χ2n) is 7.96. The van der Waals surface area contributed by atoms with E-state index in [-0.39, 0.29) is 29.4 Å². The van der Waals surface area contributed by atoms with Gasteiger partial charge in [-0.3, -0.25) is 14.4 Å². The van der Waals surface area contributed by atoms with Crippen molar-refractivity contribution in [2.75, 3.05) is 26.2 Å². The maximum atomic E-state index is 13.2. The van der Waals surface area contributed by atoms with Crippen molar-refractivity contribution in [3.8, 4) is 0 Å². The van der Waals surface area contributed by atoms with Gasteiger partial charge < -0.3 is 19.6 Å². The van der Waals surface area contributed by atoms with Gasteiger partial charge in [-0.1, -0.05) is 49.3 Å². The van der Waals surface area contributed by atoms with E-state index in [1.807, 2.05) is 44.2 Å². The average molecular weight is 412 g/mol. The van der Waals surface area contributed by atoms with E-state index in [1.165, 1.54) is 0 Å². The number of amides is 3. The normalized spacial score (nSPS) is 15.2. The molecule has 0 bridgehead atoms. The molecule has 1 fully saturated rings. The third-order valence-electron chi connectivity index (χ3n) is 5.00. The highest BCUT2D eigenvalue weighted by atomic mass is 16.5. The fraction of sp³-hybridized carbons (Fsp3) is 0.455. The molecule has 1 aromatic heterocycles. The summed E-state index contributed by atoms with van der Waals surface area (Å²) in [6, 6.07) is 10.1. The number of aromatic nitrogens is 1. The number of carbonyl (C=O) groups is 3. The van der Waals surface area contributed by atoms with Gasteiger partial charge in [-0.05, 0) is 18.4 Å². The predicted molar refractivity (Wildman–Crippen MR) is 111 cm³/mol. The van der Waals surface area contributed by atoms with Gasteiger partial charge in [-0.15, -0.1) is 0 Å². The van der Waals surface area contributed by atoms with Crippen LogP contribution in [0.5, 0.6) is 0 Å². The van der Waals surface area contributed by atoms with Crippen molar-refractivity contribution in [2.45, 2.75) is 33.2 Å². The number of benzene rings is 1. The molecular formula is C22H28N4O4. The zero-order chi connectivity index (χ0) is 21.7. The molecule has 1 aliphatic heterocycles. The zero-order valence-corrected chi connectivity index (χ0v) is 17.6. The highest BCUT2D eigenvalue weighted by molar-refractivity contribution is 5.92. The summed E-state index contributed by atoms with van der Waals surface area (Å²) in [6.07, 6.45) is 0.357. The van der Waals surface area contributed by atoms with Crippen molar-refractivity contribution < 1.29 is 18.9 Å². The Morgan fingerprint density at radius 3 is 2.27 bits per heavy atom. The fourth-order valence-electron chi connectivity index (χ4n) is 3.46. The van der Waals surface area contributed by atoms with Crippen molar-refractivity contribution in [2.24, 2.45) is 5.92 Å². The van der Waals surface area contributed by atoms with Gasteiger partial charge in [0.15, 0.2) is 0 Å². The van der Waals surface area contributed by atoms with Crippen LogP contribution in [0, 0.1) is 12.8 Å². The summed E-state index contributed by atoms with van der Waals surface area (Å²) in [5.74, 6) is -0.142. The van der Waals surface area contributed by atoms with Crippen LogP contribution in [0.4, 0.5) is 0 Å². The summed E-state index contributed by atoms with van der Waals surface area (Å²) < 4.78 is 5.06. The number of hydrogen-bond acceptors (Lipinski definition) is 5. The molecule has 2 aromatic rings. The first kappa shape index (κ1) is 21.5. The summed E-state index contributed by atoms with van der Waals surface area (Å²) in [4.78, 5) is 41.5. The quantitative estimate of drug-likeness (QED) is 0.785. The minimum absolute atomic E-state index is 0.151. The molecule has 3 rings (SSSR count). The van der Waals surface area contributed by atoms with E-state index in [9.17, 15) is 14.4 Å². The van der Waals surface area contributed by atoms with Gasteiger partial charge in [-0.2, -0.15) is 0 Å². The van der Waals surface area contributed by atoms with Crippen LogP contribution in [-0.4, -0.2) is 58.9 Å². The van der Waals surface area contributed by atoms with E-state index in [0.29, 0.717) is 38.3 Å². The fourth-order valence-corrected chi connectivity index (χ4v) is 3.46. The minimum Gasteiger partial charge on any atom is -0.351 e. The maximum Gasteiger partial charge on any atom is 0.292 e. The predicted octanol–water partition coefficient (Wildman–Crippen LogP) is 2.17. The van der Waals surface area contributed by atoms with Gasteiger partial charge >= 0.3 is 0 Å². The Balaban J connectivity index is 1.66. The third kappa shape index (κ3) is 5.25. The molecule has 160 valence electrons. The number of piperazine rings is 1. The van der Waals surface area contributed by atoms with Gasteiger partial charge in [0.1, 0.15) is 6.04 Å². The summed E-state index contributed by atoms with van der Waals surface area (Å²) in [5.41, 5.74) is 1.39. The molecule has 1 saturated heterocycles. The molecule has 1 aromatic carbocycles. The summed E-state index contributed by atoms with van der Waals surface area (Å²) in [5, 5.41) is 6.64. The number of hydrogen-bond donors (Lipinski definition) is 1. The smallest absolute Gasteiger partial charge is 0.292 e. The molecule has 0 aliphatic carbocycles. The molecule has 1 unspecified atom stereocenters. The lowest BCUT2D eigenvalue weighted by Crippen LogP contribution is -2.53. The molecule has 30 heavy (non-hydrogen) atoms. The topological polar surface area (TPSA) is 95.8 Å². The van der Waals surface area contributed by atoms with Crippen molar-refractivity contribution >= 4 is 17.7 Å². The molecule has 8 heteroatoms. The first-order valence-corrected chi connectivity index (χ1v) is 10.2. The highest BCUT2D eigenvalue weighted by Crippen LogP contribution is 2.19. The standard InChI is InChI=1S/C22H28N4O4/c1-15(2)13-19(27)23-20(17-7-5-4-6-8-17)22(29)26-11-9-25(10-12-26)21(28)18-14-16(3)24-30-18/h4-8,14-15,20H,9-13H2,1-3H3,(H,23,27). The van der Waals surface area contributed by atoms with Crippen LogP contribution in [0.15, 0.2) is 40.9 Å². The van der Waals surface area contributed by atoms with Gasteiger partial charge in [0.05, 0.1) is 5.69 Å². The van der Waals surface area contributed by atoms with E-state index in [2.05, 4.69) is 10.5 Å². The Bertz CT molecular complexity index is 886. The molecule has 0 saturated carbocycles. The van der Waals surface area contributed by atoms with Crippen LogP contribution >= 0.6 is 0 Å². The molecular weight excluding hydrogens is 384 g/mol. The molecule has 3 amide bonds. The average Bonchev–Trinajstić information content (AvgIpc) is 3.17. The molecule has 0 spiro atoms. The van der Waals surface area contributed by atoms with Crippen LogP contribution in [0.25, 0.3) is 0 Å². The molecule has 1 N–H and O–H groups in total. The second-order valence-corrected chi connectivity index (χ2v) is 7.96. The molecule has 1 aliphatic rings. The summed E-state index contributed by atoms with van der Waals surface area (Å²) in [6.45, 7) is 7.25. The van der Waals surface area contributed by atoms with Crippen LogP contribution in [0.2, 0.25) is 0 Å². The maximum absolute atomic E-state index is 13.2. The lowest BCUT2D eigenvalue weighted by molar-refractivity contribution is -0.138. The van der Waals surface area contributed by atoms with Crippen LogP contribution in [0.1, 0.15) is 48.1 Å². The third-order valence-corrected chi connectivity index (χ3v) is 5.00. The molecule has 8 nitrogen and oxygen atoms in total. The number of rotatable bonds is 6.